The van der Waals surface area contributed by atoms with Crippen LogP contribution < -0.4 is 5.32 Å². The SMILES string of the molecule is Cc1cc(C)c(C(C)(O)CCNC(C)(C)C)cc1C. The van der Waals surface area contributed by atoms with Crippen molar-refractivity contribution in [3.05, 3.63) is 34.4 Å². The number of hydrogen-bond acceptors (Lipinski definition) is 2. The average molecular weight is 263 g/mol. The lowest BCUT2D eigenvalue weighted by Gasteiger charge is -2.29. The largest absolute Gasteiger partial charge is 0.385 e. The molecule has 0 amide bonds. The van der Waals surface area contributed by atoms with Crippen LogP contribution in [0.5, 0.6) is 0 Å². The molecule has 2 heteroatoms. The number of aliphatic hydroxyl groups is 1. The van der Waals surface area contributed by atoms with Crippen molar-refractivity contribution in [1.82, 2.24) is 5.32 Å². The van der Waals surface area contributed by atoms with Gasteiger partial charge in [-0.15, -0.1) is 0 Å². The number of rotatable bonds is 4. The third-order valence-corrected chi connectivity index (χ3v) is 3.69. The molecule has 19 heavy (non-hydrogen) atoms. The second-order valence-electron chi connectivity index (χ2n) is 6.95. The van der Waals surface area contributed by atoms with Gasteiger partial charge < -0.3 is 10.4 Å². The Labute approximate surface area is 118 Å². The Morgan fingerprint density at radius 1 is 0.947 bits per heavy atom. The Bertz CT molecular complexity index is 441. The fraction of sp³-hybridized carbons (Fsp3) is 0.647. The predicted octanol–water partition coefficient (Wildman–Crippen LogP) is 3.60. The molecule has 0 saturated heterocycles. The summed E-state index contributed by atoms with van der Waals surface area (Å²) in [7, 11) is 0. The van der Waals surface area contributed by atoms with Crippen molar-refractivity contribution in [1.29, 1.82) is 0 Å². The van der Waals surface area contributed by atoms with Crippen LogP contribution in [-0.2, 0) is 5.60 Å². The van der Waals surface area contributed by atoms with Crippen molar-refractivity contribution < 1.29 is 5.11 Å². The summed E-state index contributed by atoms with van der Waals surface area (Å²) in [6, 6.07) is 4.29. The fourth-order valence-corrected chi connectivity index (χ4v) is 2.36. The molecule has 1 unspecified atom stereocenters. The van der Waals surface area contributed by atoms with Crippen molar-refractivity contribution in [2.24, 2.45) is 0 Å². The smallest absolute Gasteiger partial charge is 0.0883 e. The number of nitrogens with one attached hydrogen (secondary N) is 1. The number of aryl methyl sites for hydroxylation is 3. The summed E-state index contributed by atoms with van der Waals surface area (Å²) in [6.07, 6.45) is 0.716. The Kier molecular flexibility index (Phi) is 4.81. The zero-order valence-corrected chi connectivity index (χ0v) is 13.5. The number of benzene rings is 1. The van der Waals surface area contributed by atoms with E-state index in [-0.39, 0.29) is 5.54 Å². The van der Waals surface area contributed by atoms with Gasteiger partial charge >= 0.3 is 0 Å². The standard InChI is InChI=1S/C17H29NO/c1-12-10-14(3)15(11-13(12)2)17(7,19)8-9-18-16(4,5)6/h10-11,18-19H,8-9H2,1-7H3. The van der Waals surface area contributed by atoms with Crippen LogP contribution in [0.25, 0.3) is 0 Å². The molecule has 0 spiro atoms. The molecular formula is C17H29NO. The summed E-state index contributed by atoms with van der Waals surface area (Å²) in [5.41, 5.74) is 4.06. The monoisotopic (exact) mass is 263 g/mol. The highest BCUT2D eigenvalue weighted by molar-refractivity contribution is 5.39. The van der Waals surface area contributed by atoms with E-state index < -0.39 is 5.60 Å². The van der Waals surface area contributed by atoms with Crippen LogP contribution in [0.1, 0.15) is 56.4 Å². The van der Waals surface area contributed by atoms with Crippen molar-refractivity contribution in [3.63, 3.8) is 0 Å². The average Bonchev–Trinajstić information content (AvgIpc) is 2.20. The van der Waals surface area contributed by atoms with Crippen molar-refractivity contribution >= 4 is 0 Å². The molecule has 2 N–H and O–H groups in total. The summed E-state index contributed by atoms with van der Waals surface area (Å²) >= 11 is 0. The lowest BCUT2D eigenvalue weighted by atomic mass is 9.86. The minimum Gasteiger partial charge on any atom is -0.385 e. The summed E-state index contributed by atoms with van der Waals surface area (Å²) in [5, 5.41) is 14.2. The van der Waals surface area contributed by atoms with E-state index in [0.29, 0.717) is 6.42 Å². The van der Waals surface area contributed by atoms with Crippen LogP contribution in [0.4, 0.5) is 0 Å². The van der Waals surface area contributed by atoms with Gasteiger partial charge in [0, 0.05) is 5.54 Å². The maximum absolute atomic E-state index is 10.7. The summed E-state index contributed by atoms with van der Waals surface area (Å²) in [4.78, 5) is 0. The molecule has 1 atom stereocenters. The first-order valence-corrected chi connectivity index (χ1v) is 7.09. The quantitative estimate of drug-likeness (QED) is 0.870. The molecule has 0 heterocycles. The van der Waals surface area contributed by atoms with E-state index in [1.54, 1.807) is 0 Å². The molecule has 0 radical (unpaired) electrons. The molecule has 0 bridgehead atoms. The predicted molar refractivity (Wildman–Crippen MR) is 82.6 cm³/mol. The second-order valence-corrected chi connectivity index (χ2v) is 6.95. The molecule has 1 aromatic carbocycles. The zero-order valence-electron chi connectivity index (χ0n) is 13.5. The van der Waals surface area contributed by atoms with Crippen LogP contribution in [0.3, 0.4) is 0 Å². The van der Waals surface area contributed by atoms with Gasteiger partial charge in [0.05, 0.1) is 5.60 Å². The maximum atomic E-state index is 10.7. The van der Waals surface area contributed by atoms with E-state index in [1.165, 1.54) is 16.7 Å². The molecule has 2 nitrogen and oxygen atoms in total. The highest BCUT2D eigenvalue weighted by Gasteiger charge is 2.25. The topological polar surface area (TPSA) is 32.3 Å². The normalized spacial score (nSPS) is 15.4. The summed E-state index contributed by atoms with van der Waals surface area (Å²) < 4.78 is 0. The zero-order chi connectivity index (χ0) is 14.8. The van der Waals surface area contributed by atoms with E-state index in [1.807, 2.05) is 6.92 Å². The van der Waals surface area contributed by atoms with Crippen molar-refractivity contribution in [2.75, 3.05) is 6.54 Å². The molecule has 0 aliphatic carbocycles. The minimum absolute atomic E-state index is 0.0916. The molecule has 1 aromatic rings. The lowest BCUT2D eigenvalue weighted by Crippen LogP contribution is -2.39. The Balaban J connectivity index is 2.85. The highest BCUT2D eigenvalue weighted by atomic mass is 16.3. The van der Waals surface area contributed by atoms with Gasteiger partial charge in [-0.05, 0) is 83.7 Å². The fourth-order valence-electron chi connectivity index (χ4n) is 2.36. The molecular weight excluding hydrogens is 234 g/mol. The van der Waals surface area contributed by atoms with Gasteiger partial charge in [0.1, 0.15) is 0 Å². The van der Waals surface area contributed by atoms with Gasteiger partial charge in [0.15, 0.2) is 0 Å². The van der Waals surface area contributed by atoms with Gasteiger partial charge in [-0.25, -0.2) is 0 Å². The van der Waals surface area contributed by atoms with Gasteiger partial charge in [-0.3, -0.25) is 0 Å². The van der Waals surface area contributed by atoms with E-state index in [9.17, 15) is 5.11 Å². The molecule has 0 saturated carbocycles. The summed E-state index contributed by atoms with van der Waals surface area (Å²) in [5.74, 6) is 0. The molecule has 108 valence electrons. The van der Waals surface area contributed by atoms with E-state index in [0.717, 1.165) is 12.1 Å². The van der Waals surface area contributed by atoms with Crippen molar-refractivity contribution in [3.8, 4) is 0 Å². The summed E-state index contributed by atoms with van der Waals surface area (Å²) in [6.45, 7) is 15.4. The first kappa shape index (κ1) is 16.2. The molecule has 0 aromatic heterocycles. The van der Waals surface area contributed by atoms with Crippen molar-refractivity contribution in [2.45, 2.75) is 66.0 Å². The van der Waals surface area contributed by atoms with Crippen LogP contribution in [-0.4, -0.2) is 17.2 Å². The Morgan fingerprint density at radius 2 is 1.47 bits per heavy atom. The maximum Gasteiger partial charge on any atom is 0.0883 e. The van der Waals surface area contributed by atoms with Crippen LogP contribution in [0, 0.1) is 20.8 Å². The van der Waals surface area contributed by atoms with Gasteiger partial charge in [-0.2, -0.15) is 0 Å². The third-order valence-electron chi connectivity index (χ3n) is 3.69. The van der Waals surface area contributed by atoms with Crippen LogP contribution in [0.15, 0.2) is 12.1 Å². The van der Waals surface area contributed by atoms with E-state index >= 15 is 0 Å². The molecule has 0 aliphatic heterocycles. The third kappa shape index (κ3) is 4.63. The highest BCUT2D eigenvalue weighted by Crippen LogP contribution is 2.29. The van der Waals surface area contributed by atoms with Crippen LogP contribution >= 0.6 is 0 Å². The molecule has 0 aliphatic rings. The first-order chi connectivity index (χ1) is 8.53. The minimum atomic E-state index is -0.777. The van der Waals surface area contributed by atoms with Gasteiger partial charge in [0.2, 0.25) is 0 Å². The van der Waals surface area contributed by atoms with Crippen LogP contribution in [0.2, 0.25) is 0 Å². The van der Waals surface area contributed by atoms with E-state index in [4.69, 9.17) is 0 Å². The van der Waals surface area contributed by atoms with E-state index in [2.05, 4.69) is 59.0 Å². The second kappa shape index (κ2) is 5.64. The first-order valence-electron chi connectivity index (χ1n) is 7.09. The Morgan fingerprint density at radius 3 is 2.00 bits per heavy atom. The Hall–Kier alpha value is -0.860. The van der Waals surface area contributed by atoms with Gasteiger partial charge in [0.25, 0.3) is 0 Å². The molecule has 0 fully saturated rings. The van der Waals surface area contributed by atoms with Gasteiger partial charge in [-0.1, -0.05) is 12.1 Å². The molecule has 1 rings (SSSR count). The lowest BCUT2D eigenvalue weighted by molar-refractivity contribution is 0.0457. The number of hydrogen-bond donors (Lipinski definition) is 2.